The summed E-state index contributed by atoms with van der Waals surface area (Å²) in [7, 11) is 0. The standard InChI is InChI=1S/C18H18F2N2O3/c1-12-10-22(14(11-25-12)13-6-3-2-4-7-13)16-9-5-8-15(21-16)18(19,20)17(23)24/h2-9,12,14H,10-11H2,1H3,(H,23,24)/t12-,14+/m1/s1. The minimum atomic E-state index is -4.03. The van der Waals surface area contributed by atoms with E-state index in [0.717, 1.165) is 11.6 Å². The summed E-state index contributed by atoms with van der Waals surface area (Å²) >= 11 is 0. The molecule has 1 saturated heterocycles. The zero-order valence-electron chi connectivity index (χ0n) is 13.6. The summed E-state index contributed by atoms with van der Waals surface area (Å²) in [4.78, 5) is 16.6. The second-order valence-corrected chi connectivity index (χ2v) is 5.98. The zero-order chi connectivity index (χ0) is 18.0. The number of anilines is 1. The summed E-state index contributed by atoms with van der Waals surface area (Å²) < 4.78 is 33.4. The number of carboxylic acid groups (broad SMARTS) is 1. The van der Waals surface area contributed by atoms with Gasteiger partial charge >= 0.3 is 11.9 Å². The first-order valence-corrected chi connectivity index (χ1v) is 7.91. The highest BCUT2D eigenvalue weighted by molar-refractivity contribution is 5.76. The molecule has 1 fully saturated rings. The Labute approximate surface area is 143 Å². The predicted octanol–water partition coefficient (Wildman–Crippen LogP) is 3.22. The van der Waals surface area contributed by atoms with E-state index >= 15 is 0 Å². The maximum Gasteiger partial charge on any atom is 0.384 e. The first-order valence-electron chi connectivity index (χ1n) is 7.91. The number of aromatic nitrogens is 1. The fraction of sp³-hybridized carbons (Fsp3) is 0.333. The van der Waals surface area contributed by atoms with E-state index in [0.29, 0.717) is 19.0 Å². The number of halogens is 2. The number of nitrogens with zero attached hydrogens (tertiary/aromatic N) is 2. The van der Waals surface area contributed by atoms with Gasteiger partial charge in [0.2, 0.25) is 0 Å². The Balaban J connectivity index is 1.98. The number of rotatable bonds is 4. The first-order chi connectivity index (χ1) is 11.9. The van der Waals surface area contributed by atoms with E-state index in [4.69, 9.17) is 9.84 Å². The number of benzene rings is 1. The maximum atomic E-state index is 13.8. The molecule has 1 aliphatic rings. The van der Waals surface area contributed by atoms with Gasteiger partial charge in [-0.25, -0.2) is 9.78 Å². The largest absolute Gasteiger partial charge is 0.476 e. The van der Waals surface area contributed by atoms with Crippen LogP contribution in [0.25, 0.3) is 0 Å². The van der Waals surface area contributed by atoms with Crippen LogP contribution in [0.3, 0.4) is 0 Å². The van der Waals surface area contributed by atoms with Crippen LogP contribution in [0.5, 0.6) is 0 Å². The number of alkyl halides is 2. The van der Waals surface area contributed by atoms with Crippen molar-refractivity contribution in [3.8, 4) is 0 Å². The first kappa shape index (κ1) is 17.3. The summed E-state index contributed by atoms with van der Waals surface area (Å²) in [5.74, 6) is -5.94. The van der Waals surface area contributed by atoms with E-state index in [1.54, 1.807) is 6.07 Å². The van der Waals surface area contributed by atoms with Gasteiger partial charge in [0.05, 0.1) is 18.8 Å². The molecule has 2 heterocycles. The Kier molecular flexibility index (Phi) is 4.67. The van der Waals surface area contributed by atoms with Gasteiger partial charge in [-0.1, -0.05) is 36.4 Å². The molecule has 2 atom stereocenters. The van der Waals surface area contributed by atoms with Crippen LogP contribution in [0.2, 0.25) is 0 Å². The smallest absolute Gasteiger partial charge is 0.384 e. The number of morpholine rings is 1. The Morgan fingerprint density at radius 1 is 1.24 bits per heavy atom. The number of hydrogen-bond donors (Lipinski definition) is 1. The van der Waals surface area contributed by atoms with Gasteiger partial charge < -0.3 is 14.7 Å². The number of hydrogen-bond acceptors (Lipinski definition) is 4. The molecular weight excluding hydrogens is 330 g/mol. The molecule has 0 saturated carbocycles. The summed E-state index contributed by atoms with van der Waals surface area (Å²) in [6, 6.07) is 13.4. The highest BCUT2D eigenvalue weighted by Crippen LogP contribution is 2.33. The topological polar surface area (TPSA) is 62.7 Å². The van der Waals surface area contributed by atoms with Crippen LogP contribution in [0.4, 0.5) is 14.6 Å². The van der Waals surface area contributed by atoms with Crippen LogP contribution in [-0.4, -0.2) is 35.3 Å². The Morgan fingerprint density at radius 2 is 1.96 bits per heavy atom. The lowest BCUT2D eigenvalue weighted by Crippen LogP contribution is -2.44. The van der Waals surface area contributed by atoms with Gasteiger partial charge in [-0.15, -0.1) is 0 Å². The van der Waals surface area contributed by atoms with Gasteiger partial charge in [0.1, 0.15) is 11.5 Å². The molecule has 0 amide bonds. The number of pyridine rings is 1. The summed E-state index contributed by atoms with van der Waals surface area (Å²) in [6.45, 7) is 2.75. The van der Waals surface area contributed by atoms with Crippen LogP contribution in [0.15, 0.2) is 48.5 Å². The van der Waals surface area contributed by atoms with Crippen molar-refractivity contribution < 1.29 is 23.4 Å². The molecular formula is C18H18F2N2O3. The number of carboxylic acids is 1. The minimum Gasteiger partial charge on any atom is -0.476 e. The van der Waals surface area contributed by atoms with E-state index in [1.165, 1.54) is 6.07 Å². The fourth-order valence-corrected chi connectivity index (χ4v) is 2.87. The van der Waals surface area contributed by atoms with Crippen LogP contribution < -0.4 is 4.90 Å². The Morgan fingerprint density at radius 3 is 2.64 bits per heavy atom. The monoisotopic (exact) mass is 348 g/mol. The van der Waals surface area contributed by atoms with Gasteiger partial charge in [0.15, 0.2) is 0 Å². The molecule has 5 nitrogen and oxygen atoms in total. The lowest BCUT2D eigenvalue weighted by molar-refractivity contribution is -0.166. The van der Waals surface area contributed by atoms with Crippen LogP contribution >= 0.6 is 0 Å². The van der Waals surface area contributed by atoms with Gasteiger partial charge in [0, 0.05) is 6.54 Å². The van der Waals surface area contributed by atoms with Crippen molar-refractivity contribution in [2.75, 3.05) is 18.1 Å². The molecule has 0 aliphatic carbocycles. The summed E-state index contributed by atoms with van der Waals surface area (Å²) in [5, 5.41) is 8.74. The van der Waals surface area contributed by atoms with Crippen molar-refractivity contribution in [3.63, 3.8) is 0 Å². The van der Waals surface area contributed by atoms with E-state index < -0.39 is 17.6 Å². The third-order valence-electron chi connectivity index (χ3n) is 4.17. The van der Waals surface area contributed by atoms with Crippen LogP contribution in [-0.2, 0) is 15.5 Å². The zero-order valence-corrected chi connectivity index (χ0v) is 13.6. The molecule has 1 aromatic heterocycles. The summed E-state index contributed by atoms with van der Waals surface area (Å²) in [5.41, 5.74) is 0.204. The SMILES string of the molecule is C[C@@H]1CN(c2cccc(C(F)(F)C(=O)O)n2)[C@H](c2ccccc2)CO1. The average Bonchev–Trinajstić information content (AvgIpc) is 2.62. The van der Waals surface area contributed by atoms with Crippen LogP contribution in [0, 0.1) is 0 Å². The van der Waals surface area contributed by atoms with Crippen LogP contribution in [0.1, 0.15) is 24.2 Å². The normalized spacial score (nSPS) is 21.2. The molecule has 0 spiro atoms. The molecule has 1 aromatic carbocycles. The molecule has 25 heavy (non-hydrogen) atoms. The number of carbonyl (C=O) groups is 1. The van der Waals surface area contributed by atoms with Crippen molar-refractivity contribution in [3.05, 3.63) is 59.8 Å². The molecule has 0 bridgehead atoms. The molecule has 7 heteroatoms. The molecule has 132 valence electrons. The lowest BCUT2D eigenvalue weighted by Gasteiger charge is -2.40. The highest BCUT2D eigenvalue weighted by Gasteiger charge is 2.43. The van der Waals surface area contributed by atoms with E-state index in [9.17, 15) is 13.6 Å². The van der Waals surface area contributed by atoms with Crippen molar-refractivity contribution in [2.24, 2.45) is 0 Å². The third kappa shape index (κ3) is 3.46. The molecule has 0 radical (unpaired) electrons. The Hall–Kier alpha value is -2.54. The van der Waals surface area contributed by atoms with Gasteiger partial charge in [-0.05, 0) is 24.6 Å². The van der Waals surface area contributed by atoms with Gasteiger partial charge in [-0.3, -0.25) is 0 Å². The molecule has 3 rings (SSSR count). The van der Waals surface area contributed by atoms with E-state index in [1.807, 2.05) is 42.2 Å². The van der Waals surface area contributed by atoms with Gasteiger partial charge in [0.25, 0.3) is 0 Å². The fourth-order valence-electron chi connectivity index (χ4n) is 2.87. The Bertz CT molecular complexity index is 755. The van der Waals surface area contributed by atoms with Crippen molar-refractivity contribution >= 4 is 11.8 Å². The van der Waals surface area contributed by atoms with Crippen molar-refractivity contribution in [2.45, 2.75) is 25.0 Å². The lowest BCUT2D eigenvalue weighted by atomic mass is 10.0. The third-order valence-corrected chi connectivity index (χ3v) is 4.17. The number of ether oxygens (including phenoxy) is 1. The quantitative estimate of drug-likeness (QED) is 0.919. The minimum absolute atomic E-state index is 0.0922. The number of aliphatic carboxylic acids is 1. The van der Waals surface area contributed by atoms with Crippen molar-refractivity contribution in [1.29, 1.82) is 0 Å². The highest BCUT2D eigenvalue weighted by atomic mass is 19.3. The predicted molar refractivity (Wildman–Crippen MR) is 87.7 cm³/mol. The average molecular weight is 348 g/mol. The second kappa shape index (κ2) is 6.76. The van der Waals surface area contributed by atoms with E-state index in [2.05, 4.69) is 4.98 Å². The summed E-state index contributed by atoms with van der Waals surface area (Å²) in [6.07, 6.45) is -0.0922. The molecule has 2 aromatic rings. The molecule has 1 N–H and O–H groups in total. The molecule has 0 unspecified atom stereocenters. The molecule has 1 aliphatic heterocycles. The second-order valence-electron chi connectivity index (χ2n) is 5.98. The van der Waals surface area contributed by atoms with E-state index in [-0.39, 0.29) is 12.1 Å². The van der Waals surface area contributed by atoms with Crippen molar-refractivity contribution in [1.82, 2.24) is 4.98 Å². The van der Waals surface area contributed by atoms with Gasteiger partial charge in [-0.2, -0.15) is 8.78 Å². The maximum absolute atomic E-state index is 13.8.